The van der Waals surface area contributed by atoms with Crippen molar-refractivity contribution in [2.75, 3.05) is 11.9 Å². The van der Waals surface area contributed by atoms with E-state index in [1.54, 1.807) is 6.26 Å². The molecule has 0 unspecified atom stereocenters. The maximum absolute atomic E-state index is 12.3. The Morgan fingerprint density at radius 2 is 1.71 bits per heavy atom. The fourth-order valence-electron chi connectivity index (χ4n) is 4.11. The summed E-state index contributed by atoms with van der Waals surface area (Å²) in [7, 11) is 0. The zero-order valence-corrected chi connectivity index (χ0v) is 19.2. The zero-order valence-electron chi connectivity index (χ0n) is 19.2. The summed E-state index contributed by atoms with van der Waals surface area (Å²) in [5.41, 5.74) is 3.33. The lowest BCUT2D eigenvalue weighted by molar-refractivity contribution is -0.116. The van der Waals surface area contributed by atoms with E-state index in [1.807, 2.05) is 48.5 Å². The zero-order chi connectivity index (χ0) is 22.5. The van der Waals surface area contributed by atoms with Crippen LogP contribution < -0.4 is 10.1 Å². The first-order valence-electron chi connectivity index (χ1n) is 10.8. The highest BCUT2D eigenvalue weighted by Gasteiger charge is 2.27. The Balaban J connectivity index is 1.49. The minimum absolute atomic E-state index is 0.0838. The van der Waals surface area contributed by atoms with Gasteiger partial charge in [0.2, 0.25) is 5.91 Å². The highest BCUT2D eigenvalue weighted by Crippen LogP contribution is 2.36. The molecule has 3 aromatic rings. The SMILES string of the molecule is CC(C)(C)CC(C)(C)c1ccc(OCCC(=O)Nc2cccc(-c3ccco3)c2)cc1. The quantitative estimate of drug-likeness (QED) is 0.425. The lowest BCUT2D eigenvalue weighted by Gasteiger charge is -2.33. The Kier molecular flexibility index (Phi) is 6.89. The van der Waals surface area contributed by atoms with Crippen molar-refractivity contribution in [3.05, 3.63) is 72.5 Å². The minimum atomic E-state index is -0.0838. The summed E-state index contributed by atoms with van der Waals surface area (Å²) < 4.78 is 11.2. The van der Waals surface area contributed by atoms with Gasteiger partial charge in [-0.1, -0.05) is 58.9 Å². The van der Waals surface area contributed by atoms with Gasteiger partial charge in [0, 0.05) is 11.3 Å². The summed E-state index contributed by atoms with van der Waals surface area (Å²) in [5, 5.41) is 2.92. The molecule has 164 valence electrons. The molecule has 0 saturated heterocycles. The van der Waals surface area contributed by atoms with Crippen LogP contribution in [0.3, 0.4) is 0 Å². The van der Waals surface area contributed by atoms with Gasteiger partial charge < -0.3 is 14.5 Å². The topological polar surface area (TPSA) is 51.5 Å². The fourth-order valence-corrected chi connectivity index (χ4v) is 4.11. The molecule has 0 bridgehead atoms. The van der Waals surface area contributed by atoms with E-state index in [0.29, 0.717) is 6.61 Å². The Morgan fingerprint density at radius 1 is 0.968 bits per heavy atom. The molecule has 2 aromatic carbocycles. The Hall–Kier alpha value is -3.01. The van der Waals surface area contributed by atoms with Crippen LogP contribution in [0, 0.1) is 5.41 Å². The number of benzene rings is 2. The van der Waals surface area contributed by atoms with Gasteiger partial charge in [-0.25, -0.2) is 0 Å². The van der Waals surface area contributed by atoms with Crippen molar-refractivity contribution in [1.82, 2.24) is 0 Å². The molecule has 0 aliphatic heterocycles. The average Bonchev–Trinajstić information content (AvgIpc) is 3.22. The number of rotatable bonds is 8. The van der Waals surface area contributed by atoms with Crippen LogP contribution in [0.2, 0.25) is 0 Å². The summed E-state index contributed by atoms with van der Waals surface area (Å²) in [4.78, 5) is 12.3. The van der Waals surface area contributed by atoms with Crippen molar-refractivity contribution >= 4 is 11.6 Å². The van der Waals surface area contributed by atoms with Gasteiger partial charge in [0.1, 0.15) is 11.5 Å². The molecule has 0 atom stereocenters. The Morgan fingerprint density at radius 3 is 2.35 bits per heavy atom. The second-order valence-corrected chi connectivity index (χ2v) is 9.85. The number of carbonyl (C=O) groups excluding carboxylic acids is 1. The molecule has 1 N–H and O–H groups in total. The lowest BCUT2D eigenvalue weighted by atomic mass is 9.72. The molecule has 0 aliphatic rings. The first kappa shape index (κ1) is 22.7. The van der Waals surface area contributed by atoms with Crippen LogP contribution in [-0.4, -0.2) is 12.5 Å². The van der Waals surface area contributed by atoms with E-state index in [-0.39, 0.29) is 23.2 Å². The van der Waals surface area contributed by atoms with Crippen molar-refractivity contribution in [1.29, 1.82) is 0 Å². The summed E-state index contributed by atoms with van der Waals surface area (Å²) in [6.45, 7) is 11.7. The highest BCUT2D eigenvalue weighted by molar-refractivity contribution is 5.91. The van der Waals surface area contributed by atoms with Crippen molar-refractivity contribution in [2.24, 2.45) is 5.41 Å². The molecule has 1 amide bonds. The number of anilines is 1. The van der Waals surface area contributed by atoms with E-state index in [0.717, 1.165) is 29.2 Å². The summed E-state index contributed by atoms with van der Waals surface area (Å²) in [5.74, 6) is 1.47. The molecule has 31 heavy (non-hydrogen) atoms. The molecule has 0 fully saturated rings. The van der Waals surface area contributed by atoms with Crippen LogP contribution in [0.15, 0.2) is 71.3 Å². The van der Waals surface area contributed by atoms with E-state index < -0.39 is 0 Å². The maximum Gasteiger partial charge on any atom is 0.227 e. The smallest absolute Gasteiger partial charge is 0.227 e. The minimum Gasteiger partial charge on any atom is -0.493 e. The fraction of sp³-hybridized carbons (Fsp3) is 0.370. The van der Waals surface area contributed by atoms with Crippen LogP contribution >= 0.6 is 0 Å². The number of nitrogens with one attached hydrogen (secondary N) is 1. The molecular weight excluding hydrogens is 386 g/mol. The number of hydrogen-bond acceptors (Lipinski definition) is 3. The van der Waals surface area contributed by atoms with Gasteiger partial charge in [-0.05, 0) is 59.2 Å². The predicted octanol–water partition coefficient (Wildman–Crippen LogP) is 7.07. The number of furan rings is 1. The summed E-state index contributed by atoms with van der Waals surface area (Å²) in [6.07, 6.45) is 3.01. The first-order chi connectivity index (χ1) is 14.6. The molecule has 1 aromatic heterocycles. The van der Waals surface area contributed by atoms with Crippen molar-refractivity contribution < 1.29 is 13.9 Å². The van der Waals surface area contributed by atoms with Gasteiger partial charge in [0.25, 0.3) is 0 Å². The van der Waals surface area contributed by atoms with Crippen LogP contribution in [0.1, 0.15) is 53.0 Å². The number of ether oxygens (including phenoxy) is 1. The third-order valence-electron chi connectivity index (χ3n) is 5.16. The van der Waals surface area contributed by atoms with Crippen molar-refractivity contribution in [2.45, 2.75) is 52.9 Å². The van der Waals surface area contributed by atoms with Gasteiger partial charge >= 0.3 is 0 Å². The van der Waals surface area contributed by atoms with Gasteiger partial charge in [-0.3, -0.25) is 4.79 Å². The molecule has 0 aliphatic carbocycles. The van der Waals surface area contributed by atoms with E-state index in [9.17, 15) is 4.79 Å². The molecule has 3 rings (SSSR count). The Labute approximate surface area is 185 Å². The summed E-state index contributed by atoms with van der Waals surface area (Å²) >= 11 is 0. The largest absolute Gasteiger partial charge is 0.493 e. The van der Waals surface area contributed by atoms with Gasteiger partial charge in [0.05, 0.1) is 19.3 Å². The molecule has 4 heteroatoms. The van der Waals surface area contributed by atoms with Crippen molar-refractivity contribution in [3.8, 4) is 17.1 Å². The molecule has 4 nitrogen and oxygen atoms in total. The molecule has 0 saturated carbocycles. The second kappa shape index (κ2) is 9.42. The molecule has 0 radical (unpaired) electrons. The second-order valence-electron chi connectivity index (χ2n) is 9.85. The van der Waals surface area contributed by atoms with Crippen LogP contribution in [0.25, 0.3) is 11.3 Å². The third-order valence-corrected chi connectivity index (χ3v) is 5.16. The highest BCUT2D eigenvalue weighted by atomic mass is 16.5. The number of hydrogen-bond donors (Lipinski definition) is 1. The lowest BCUT2D eigenvalue weighted by Crippen LogP contribution is -2.24. The van der Waals surface area contributed by atoms with Crippen molar-refractivity contribution in [3.63, 3.8) is 0 Å². The van der Waals surface area contributed by atoms with Crippen LogP contribution in [0.4, 0.5) is 5.69 Å². The maximum atomic E-state index is 12.3. The first-order valence-corrected chi connectivity index (χ1v) is 10.8. The van der Waals surface area contributed by atoms with E-state index >= 15 is 0 Å². The van der Waals surface area contributed by atoms with E-state index in [4.69, 9.17) is 9.15 Å². The van der Waals surface area contributed by atoms with E-state index in [2.05, 4.69) is 52.1 Å². The van der Waals surface area contributed by atoms with Crippen LogP contribution in [-0.2, 0) is 10.2 Å². The molecule has 0 spiro atoms. The third kappa shape index (κ3) is 6.74. The normalized spacial score (nSPS) is 11.9. The Bertz CT molecular complexity index is 980. The predicted molar refractivity (Wildman–Crippen MR) is 126 cm³/mol. The van der Waals surface area contributed by atoms with E-state index in [1.165, 1.54) is 5.56 Å². The monoisotopic (exact) mass is 419 g/mol. The summed E-state index contributed by atoms with van der Waals surface area (Å²) in [6, 6.07) is 19.6. The number of carbonyl (C=O) groups is 1. The van der Waals surface area contributed by atoms with Gasteiger partial charge in [0.15, 0.2) is 0 Å². The molecule has 1 heterocycles. The van der Waals surface area contributed by atoms with Crippen LogP contribution in [0.5, 0.6) is 5.75 Å². The van der Waals surface area contributed by atoms with Gasteiger partial charge in [-0.2, -0.15) is 0 Å². The van der Waals surface area contributed by atoms with Gasteiger partial charge in [-0.15, -0.1) is 0 Å². The number of amides is 1. The average molecular weight is 420 g/mol. The standard InChI is InChI=1S/C27H33NO3/c1-26(2,3)19-27(4,5)21-11-13-23(14-12-21)30-17-15-25(29)28-22-9-6-8-20(18-22)24-10-7-16-31-24/h6-14,16,18H,15,17,19H2,1-5H3,(H,28,29). The molecular formula is C27H33NO3.